The predicted molar refractivity (Wildman–Crippen MR) is 78.8 cm³/mol. The number of pyridine rings is 1. The van der Waals surface area contributed by atoms with Crippen LogP contribution in [0.25, 0.3) is 0 Å². The number of nitrogen functional groups attached to an aromatic ring is 1. The number of nitrogens with one attached hydrogen (secondary N) is 1. The smallest absolute Gasteiger partial charge is 0.144 e. The maximum absolute atomic E-state index is 9.12. The van der Waals surface area contributed by atoms with Crippen molar-refractivity contribution in [3.05, 3.63) is 17.8 Å². The molecule has 0 aliphatic rings. The fourth-order valence-corrected chi connectivity index (χ4v) is 2.06. The second-order valence-corrected chi connectivity index (χ2v) is 5.51. The van der Waals surface area contributed by atoms with Crippen LogP contribution in [-0.4, -0.2) is 36.6 Å². The van der Waals surface area contributed by atoms with Gasteiger partial charge in [0.1, 0.15) is 11.9 Å². The molecule has 0 saturated heterocycles. The molecule has 1 aromatic rings. The van der Waals surface area contributed by atoms with Gasteiger partial charge in [0.05, 0.1) is 17.4 Å². The third-order valence-corrected chi connectivity index (χ3v) is 2.71. The van der Waals surface area contributed by atoms with E-state index in [1.807, 2.05) is 14.1 Å². The number of nitrogens with zero attached hydrogens (tertiary/aromatic N) is 3. The lowest BCUT2D eigenvalue weighted by molar-refractivity contribution is 0.356. The highest BCUT2D eigenvalue weighted by molar-refractivity contribution is 5.57. The largest absolute Gasteiger partial charge is 0.397 e. The lowest BCUT2D eigenvalue weighted by atomic mass is 10.0. The zero-order valence-corrected chi connectivity index (χ0v) is 12.1. The van der Waals surface area contributed by atoms with Crippen LogP contribution in [0.15, 0.2) is 12.3 Å². The molecular weight excluding hydrogens is 238 g/mol. The van der Waals surface area contributed by atoms with Crippen LogP contribution in [0.3, 0.4) is 0 Å². The van der Waals surface area contributed by atoms with E-state index in [0.717, 1.165) is 13.0 Å². The third-order valence-electron chi connectivity index (χ3n) is 2.71. The molecule has 0 aromatic carbocycles. The van der Waals surface area contributed by atoms with Crippen molar-refractivity contribution in [2.24, 2.45) is 5.92 Å². The molecule has 0 spiro atoms. The molecular formula is C14H23N5. The molecule has 1 aromatic heterocycles. The summed E-state index contributed by atoms with van der Waals surface area (Å²) in [4.78, 5) is 6.35. The molecule has 0 radical (unpaired) electrons. The van der Waals surface area contributed by atoms with E-state index in [-0.39, 0.29) is 6.04 Å². The second-order valence-electron chi connectivity index (χ2n) is 5.51. The van der Waals surface area contributed by atoms with E-state index in [9.17, 15) is 0 Å². The second kappa shape index (κ2) is 6.95. The summed E-state index contributed by atoms with van der Waals surface area (Å²) in [6.45, 7) is 5.27. The average molecular weight is 261 g/mol. The summed E-state index contributed by atoms with van der Waals surface area (Å²) in [6.07, 6.45) is 2.60. The summed E-state index contributed by atoms with van der Waals surface area (Å²) < 4.78 is 0. The highest BCUT2D eigenvalue weighted by Crippen LogP contribution is 2.17. The Morgan fingerprint density at radius 2 is 2.16 bits per heavy atom. The van der Waals surface area contributed by atoms with Gasteiger partial charge in [-0.1, -0.05) is 13.8 Å². The maximum Gasteiger partial charge on any atom is 0.144 e. The zero-order chi connectivity index (χ0) is 14.4. The van der Waals surface area contributed by atoms with E-state index in [0.29, 0.717) is 23.0 Å². The predicted octanol–water partition coefficient (Wildman–Crippen LogP) is 1.92. The van der Waals surface area contributed by atoms with Gasteiger partial charge in [-0.3, -0.25) is 0 Å². The fraction of sp³-hybridized carbons (Fsp3) is 0.571. The number of rotatable bonds is 6. The van der Waals surface area contributed by atoms with E-state index >= 15 is 0 Å². The van der Waals surface area contributed by atoms with E-state index in [2.05, 4.69) is 35.1 Å². The topological polar surface area (TPSA) is 78.0 Å². The Morgan fingerprint density at radius 1 is 1.47 bits per heavy atom. The summed E-state index contributed by atoms with van der Waals surface area (Å²) in [5, 5.41) is 12.5. The molecule has 1 heterocycles. The number of nitriles is 1. The van der Waals surface area contributed by atoms with Gasteiger partial charge in [0, 0.05) is 12.6 Å². The summed E-state index contributed by atoms with van der Waals surface area (Å²) in [6, 6.07) is 4.04. The standard InChI is InChI=1S/C14H23N5/c1-10(2)5-13(9-19(3)4)18-14-11(7-15)6-12(16)8-17-14/h6,8,10,13H,5,9,16H2,1-4H3,(H,17,18). The van der Waals surface area contributed by atoms with Crippen molar-refractivity contribution in [1.29, 1.82) is 5.26 Å². The van der Waals surface area contributed by atoms with Crippen molar-refractivity contribution in [1.82, 2.24) is 9.88 Å². The normalized spacial score (nSPS) is 12.5. The van der Waals surface area contributed by atoms with Gasteiger partial charge in [-0.25, -0.2) is 4.98 Å². The average Bonchev–Trinajstić information content (AvgIpc) is 2.29. The summed E-state index contributed by atoms with van der Waals surface area (Å²) in [7, 11) is 4.08. The van der Waals surface area contributed by atoms with Crippen molar-refractivity contribution in [2.45, 2.75) is 26.3 Å². The summed E-state index contributed by atoms with van der Waals surface area (Å²) in [5.74, 6) is 1.20. The molecule has 1 rings (SSSR count). The van der Waals surface area contributed by atoms with Crippen molar-refractivity contribution < 1.29 is 0 Å². The lowest BCUT2D eigenvalue weighted by Crippen LogP contribution is -2.34. The first-order valence-electron chi connectivity index (χ1n) is 6.49. The molecule has 1 unspecified atom stereocenters. The third kappa shape index (κ3) is 5.14. The number of hydrogen-bond donors (Lipinski definition) is 2. The van der Waals surface area contributed by atoms with Gasteiger partial charge < -0.3 is 16.0 Å². The van der Waals surface area contributed by atoms with Crippen molar-refractivity contribution in [3.8, 4) is 6.07 Å². The molecule has 19 heavy (non-hydrogen) atoms. The first-order valence-corrected chi connectivity index (χ1v) is 6.49. The number of likely N-dealkylation sites (N-methyl/N-ethyl adjacent to an activating group) is 1. The Labute approximate surface area is 115 Å². The minimum atomic E-state index is 0.262. The Bertz CT molecular complexity index is 438. The Balaban J connectivity index is 2.86. The van der Waals surface area contributed by atoms with Gasteiger partial charge >= 0.3 is 0 Å². The molecule has 0 bridgehead atoms. The van der Waals surface area contributed by atoms with Gasteiger partial charge in [-0.15, -0.1) is 0 Å². The van der Waals surface area contributed by atoms with Crippen molar-refractivity contribution in [3.63, 3.8) is 0 Å². The molecule has 0 fully saturated rings. The van der Waals surface area contributed by atoms with Crippen LogP contribution < -0.4 is 11.1 Å². The van der Waals surface area contributed by atoms with E-state index in [1.165, 1.54) is 0 Å². The highest BCUT2D eigenvalue weighted by Gasteiger charge is 2.14. The molecule has 0 saturated carbocycles. The van der Waals surface area contributed by atoms with Gasteiger partial charge in [-0.05, 0) is 32.5 Å². The molecule has 1 atom stereocenters. The molecule has 0 aliphatic heterocycles. The van der Waals surface area contributed by atoms with Gasteiger partial charge in [0.25, 0.3) is 0 Å². The molecule has 5 heteroatoms. The molecule has 0 amide bonds. The van der Waals surface area contributed by atoms with Crippen LogP contribution in [0, 0.1) is 17.2 Å². The SMILES string of the molecule is CC(C)CC(CN(C)C)Nc1ncc(N)cc1C#N. The molecule has 5 nitrogen and oxygen atoms in total. The fourth-order valence-electron chi connectivity index (χ4n) is 2.06. The molecule has 104 valence electrons. The highest BCUT2D eigenvalue weighted by atomic mass is 15.1. The zero-order valence-electron chi connectivity index (χ0n) is 12.1. The number of anilines is 2. The minimum absolute atomic E-state index is 0.262. The van der Waals surface area contributed by atoms with Gasteiger partial charge in [-0.2, -0.15) is 5.26 Å². The number of nitrogens with two attached hydrogens (primary N) is 1. The van der Waals surface area contributed by atoms with Crippen LogP contribution in [0.2, 0.25) is 0 Å². The van der Waals surface area contributed by atoms with Crippen LogP contribution in [0.4, 0.5) is 11.5 Å². The lowest BCUT2D eigenvalue weighted by Gasteiger charge is -2.24. The Kier molecular flexibility index (Phi) is 5.58. The van der Waals surface area contributed by atoms with Gasteiger partial charge in [0.15, 0.2) is 0 Å². The minimum Gasteiger partial charge on any atom is -0.397 e. The van der Waals surface area contributed by atoms with Crippen LogP contribution in [-0.2, 0) is 0 Å². The monoisotopic (exact) mass is 261 g/mol. The number of hydrogen-bond acceptors (Lipinski definition) is 5. The Morgan fingerprint density at radius 3 is 2.68 bits per heavy atom. The number of aromatic nitrogens is 1. The first-order chi connectivity index (χ1) is 8.92. The Hall–Kier alpha value is -1.80. The van der Waals surface area contributed by atoms with Crippen LogP contribution in [0.1, 0.15) is 25.8 Å². The summed E-state index contributed by atoms with van der Waals surface area (Å²) >= 11 is 0. The summed E-state index contributed by atoms with van der Waals surface area (Å²) in [5.41, 5.74) is 6.65. The maximum atomic E-state index is 9.12. The molecule has 3 N–H and O–H groups in total. The van der Waals surface area contributed by atoms with Gasteiger partial charge in [0.2, 0.25) is 0 Å². The van der Waals surface area contributed by atoms with E-state index in [4.69, 9.17) is 11.0 Å². The van der Waals surface area contributed by atoms with E-state index < -0.39 is 0 Å². The van der Waals surface area contributed by atoms with Crippen molar-refractivity contribution in [2.75, 3.05) is 31.7 Å². The van der Waals surface area contributed by atoms with Crippen molar-refractivity contribution >= 4 is 11.5 Å². The van der Waals surface area contributed by atoms with Crippen LogP contribution in [0.5, 0.6) is 0 Å². The molecule has 0 aliphatic carbocycles. The van der Waals surface area contributed by atoms with E-state index in [1.54, 1.807) is 12.3 Å². The van der Waals surface area contributed by atoms with Crippen LogP contribution >= 0.6 is 0 Å². The first kappa shape index (κ1) is 15.3. The quantitative estimate of drug-likeness (QED) is 0.818.